The van der Waals surface area contributed by atoms with Crippen LogP contribution in [-0.2, 0) is 13.1 Å². The predicted octanol–water partition coefficient (Wildman–Crippen LogP) is 4.96. The van der Waals surface area contributed by atoms with Crippen molar-refractivity contribution < 1.29 is 9.59 Å². The number of anilines is 2. The predicted molar refractivity (Wildman–Crippen MR) is 129 cm³/mol. The quantitative estimate of drug-likeness (QED) is 0.494. The Bertz CT molecular complexity index is 1350. The molecule has 0 radical (unpaired) electrons. The van der Waals surface area contributed by atoms with Crippen molar-refractivity contribution in [3.8, 4) is 0 Å². The number of nitrogens with zero attached hydrogens (tertiary/aromatic N) is 3. The average molecular weight is 437 g/mol. The molecular weight excluding hydrogens is 412 g/mol. The molecule has 1 aliphatic heterocycles. The van der Waals surface area contributed by atoms with E-state index in [1.54, 1.807) is 35.4 Å². The summed E-state index contributed by atoms with van der Waals surface area (Å²) in [6.07, 6.45) is 3.70. The minimum Gasteiger partial charge on any atom is -0.329 e. The second-order valence-corrected chi connectivity index (χ2v) is 8.34. The molecule has 3 aromatic carbocycles. The molecule has 164 valence electrons. The molecule has 0 saturated carbocycles. The zero-order chi connectivity index (χ0) is 22.9. The topological polar surface area (TPSA) is 67.2 Å². The number of nitrogens with one attached hydrogen (secondary N) is 1. The summed E-state index contributed by atoms with van der Waals surface area (Å²) in [7, 11) is 0. The third kappa shape index (κ3) is 4.03. The van der Waals surface area contributed by atoms with Gasteiger partial charge in [-0.2, -0.15) is 0 Å². The van der Waals surface area contributed by atoms with Gasteiger partial charge in [-0.15, -0.1) is 0 Å². The Kier molecular flexibility index (Phi) is 5.26. The van der Waals surface area contributed by atoms with Crippen LogP contribution in [0.5, 0.6) is 0 Å². The third-order valence-electron chi connectivity index (χ3n) is 5.99. The lowest BCUT2D eigenvalue weighted by atomic mass is 10.0. The summed E-state index contributed by atoms with van der Waals surface area (Å²) in [5.41, 5.74) is 5.83. The molecule has 4 aromatic rings. The molecule has 1 aromatic heterocycles. The van der Waals surface area contributed by atoms with E-state index in [9.17, 15) is 9.59 Å². The van der Waals surface area contributed by atoms with E-state index in [1.807, 2.05) is 62.5 Å². The monoisotopic (exact) mass is 436 g/mol. The van der Waals surface area contributed by atoms with Crippen molar-refractivity contribution in [2.24, 2.45) is 0 Å². The number of aryl methyl sites for hydroxylation is 2. The maximum absolute atomic E-state index is 13.5. The summed E-state index contributed by atoms with van der Waals surface area (Å²) in [6.45, 7) is 5.00. The number of fused-ring (bicyclic) bond motifs is 2. The summed E-state index contributed by atoms with van der Waals surface area (Å²) in [5.74, 6) is 0.572. The normalized spacial score (nSPS) is 12.5. The molecule has 0 fully saturated rings. The molecule has 6 nitrogen and oxygen atoms in total. The maximum atomic E-state index is 13.5. The van der Waals surface area contributed by atoms with E-state index >= 15 is 0 Å². The van der Waals surface area contributed by atoms with Gasteiger partial charge >= 0.3 is 0 Å². The van der Waals surface area contributed by atoms with E-state index in [0.29, 0.717) is 29.9 Å². The highest BCUT2D eigenvalue weighted by Crippen LogP contribution is 2.28. The Morgan fingerprint density at radius 2 is 1.73 bits per heavy atom. The first-order valence-corrected chi connectivity index (χ1v) is 10.9. The van der Waals surface area contributed by atoms with Gasteiger partial charge in [-0.05, 0) is 61.4 Å². The molecule has 6 heteroatoms. The first-order valence-electron chi connectivity index (χ1n) is 10.9. The largest absolute Gasteiger partial charge is 0.329 e. The lowest BCUT2D eigenvalue weighted by molar-refractivity contribution is 0.0983. The van der Waals surface area contributed by atoms with Gasteiger partial charge < -0.3 is 14.8 Å². The van der Waals surface area contributed by atoms with Crippen LogP contribution in [0, 0.1) is 13.8 Å². The Labute approximate surface area is 192 Å². The first kappa shape index (κ1) is 20.7. The molecule has 1 N–H and O–H groups in total. The molecular formula is C27H24N4O2. The van der Waals surface area contributed by atoms with Gasteiger partial charge in [-0.3, -0.25) is 9.59 Å². The number of aromatic nitrogens is 2. The number of hydrogen-bond acceptors (Lipinski definition) is 3. The number of para-hydroxylation sites is 1. The van der Waals surface area contributed by atoms with Gasteiger partial charge in [0.25, 0.3) is 11.8 Å². The van der Waals surface area contributed by atoms with Crippen molar-refractivity contribution in [2.75, 3.05) is 10.2 Å². The lowest BCUT2D eigenvalue weighted by Crippen LogP contribution is -2.30. The average Bonchev–Trinajstić information content (AvgIpc) is 3.18. The zero-order valence-electron chi connectivity index (χ0n) is 18.6. The molecule has 5 rings (SSSR count). The summed E-state index contributed by atoms with van der Waals surface area (Å²) in [4.78, 5) is 32.4. The van der Waals surface area contributed by atoms with Crippen LogP contribution in [0.1, 0.15) is 43.2 Å². The number of amides is 2. The fourth-order valence-electron chi connectivity index (χ4n) is 4.25. The maximum Gasteiger partial charge on any atom is 0.258 e. The smallest absolute Gasteiger partial charge is 0.258 e. The van der Waals surface area contributed by atoms with E-state index in [-0.39, 0.29) is 11.8 Å². The van der Waals surface area contributed by atoms with Crippen molar-refractivity contribution >= 4 is 23.2 Å². The highest BCUT2D eigenvalue weighted by atomic mass is 16.2. The summed E-state index contributed by atoms with van der Waals surface area (Å²) in [6, 6.07) is 20.7. The lowest BCUT2D eigenvalue weighted by Gasteiger charge is -2.22. The Hall–Kier alpha value is -4.19. The van der Waals surface area contributed by atoms with Gasteiger partial charge in [0.2, 0.25) is 0 Å². The fourth-order valence-corrected chi connectivity index (χ4v) is 4.25. The van der Waals surface area contributed by atoms with Crippen LogP contribution >= 0.6 is 0 Å². The van der Waals surface area contributed by atoms with Crippen LogP contribution in [0.15, 0.2) is 79.1 Å². The number of rotatable bonds is 3. The summed E-state index contributed by atoms with van der Waals surface area (Å²) < 4.78 is 2.07. The molecule has 33 heavy (non-hydrogen) atoms. The van der Waals surface area contributed by atoms with E-state index in [2.05, 4.69) is 14.9 Å². The Balaban J connectivity index is 1.38. The van der Waals surface area contributed by atoms with Crippen molar-refractivity contribution in [2.45, 2.75) is 26.9 Å². The van der Waals surface area contributed by atoms with Gasteiger partial charge in [0.05, 0.1) is 13.1 Å². The van der Waals surface area contributed by atoms with Crippen LogP contribution in [0.25, 0.3) is 0 Å². The molecule has 0 bridgehead atoms. The number of imidazole rings is 1. The van der Waals surface area contributed by atoms with Crippen molar-refractivity contribution in [1.82, 2.24) is 9.55 Å². The van der Waals surface area contributed by atoms with Crippen molar-refractivity contribution in [3.05, 3.63) is 113 Å². The van der Waals surface area contributed by atoms with Gasteiger partial charge in [0.1, 0.15) is 5.82 Å². The summed E-state index contributed by atoms with van der Waals surface area (Å²) in [5, 5.41) is 2.92. The second kappa shape index (κ2) is 8.39. The number of benzene rings is 3. The highest BCUT2D eigenvalue weighted by molar-refractivity contribution is 6.08. The van der Waals surface area contributed by atoms with Crippen molar-refractivity contribution in [1.29, 1.82) is 0 Å². The van der Waals surface area contributed by atoms with Gasteiger partial charge in [-0.1, -0.05) is 35.9 Å². The first-order chi connectivity index (χ1) is 16.0. The van der Waals surface area contributed by atoms with Crippen molar-refractivity contribution in [3.63, 3.8) is 0 Å². The molecule has 1 aliphatic rings. The molecule has 0 saturated heterocycles. The highest BCUT2D eigenvalue weighted by Gasteiger charge is 2.25. The van der Waals surface area contributed by atoms with E-state index in [0.717, 1.165) is 28.2 Å². The van der Waals surface area contributed by atoms with Crippen LogP contribution in [0.3, 0.4) is 0 Å². The van der Waals surface area contributed by atoms with E-state index in [4.69, 9.17) is 0 Å². The van der Waals surface area contributed by atoms with Crippen LogP contribution in [0.2, 0.25) is 0 Å². The minimum atomic E-state index is -0.167. The summed E-state index contributed by atoms with van der Waals surface area (Å²) >= 11 is 0. The third-order valence-corrected chi connectivity index (χ3v) is 5.99. The van der Waals surface area contributed by atoms with Crippen LogP contribution in [-0.4, -0.2) is 21.4 Å². The van der Waals surface area contributed by atoms with Gasteiger partial charge in [-0.25, -0.2) is 4.98 Å². The van der Waals surface area contributed by atoms with E-state index < -0.39 is 0 Å². The molecule has 0 spiro atoms. The Morgan fingerprint density at radius 1 is 0.939 bits per heavy atom. The van der Waals surface area contributed by atoms with Gasteiger partial charge in [0, 0.05) is 34.9 Å². The second-order valence-electron chi connectivity index (χ2n) is 8.34. The molecule has 2 amide bonds. The van der Waals surface area contributed by atoms with Crippen LogP contribution < -0.4 is 10.2 Å². The van der Waals surface area contributed by atoms with E-state index in [1.165, 1.54) is 0 Å². The molecule has 0 unspecified atom stereocenters. The molecule has 0 aliphatic carbocycles. The van der Waals surface area contributed by atoms with Crippen LogP contribution in [0.4, 0.5) is 11.4 Å². The number of carbonyl (C=O) groups is 2. The zero-order valence-corrected chi connectivity index (χ0v) is 18.6. The number of carbonyl (C=O) groups excluding carboxylic acids is 2. The van der Waals surface area contributed by atoms with Gasteiger partial charge in [0.15, 0.2) is 0 Å². The SMILES string of the molecule is Cc1ccc(C(=O)Nc2ccc(C(=O)N3Cc4nccn4Cc4ccccc43)cc2)c(C)c1. The Morgan fingerprint density at radius 3 is 2.52 bits per heavy atom. The standard InChI is InChI=1S/C27H24N4O2/c1-18-7-12-23(19(2)15-18)26(32)29-22-10-8-20(9-11-22)27(33)31-17-25-28-13-14-30(25)16-21-5-3-4-6-24(21)31/h3-15H,16-17H2,1-2H3,(H,29,32). The molecule has 0 atom stereocenters. The molecule has 2 heterocycles. The number of hydrogen-bond donors (Lipinski definition) is 1. The fraction of sp³-hybridized carbons (Fsp3) is 0.148. The minimum absolute atomic E-state index is 0.105.